The largest absolute Gasteiger partial charge is 0.487 e. The molecular weight excluding hydrogens is 387 g/mol. The maximum Gasteiger partial charge on any atom is 0.306 e. The molecule has 3 aliphatic heterocycles. The van der Waals surface area contributed by atoms with Gasteiger partial charge in [-0.2, -0.15) is 0 Å². The van der Waals surface area contributed by atoms with Crippen LogP contribution in [0.2, 0.25) is 0 Å². The maximum atomic E-state index is 13.7. The second kappa shape index (κ2) is 7.25. The summed E-state index contributed by atoms with van der Waals surface area (Å²) in [4.78, 5) is 25.9. The van der Waals surface area contributed by atoms with Crippen LogP contribution in [0.5, 0.6) is 0 Å². The Bertz CT molecular complexity index is 1090. The number of halogens is 1. The van der Waals surface area contributed by atoms with Gasteiger partial charge in [-0.05, 0) is 49.7 Å². The van der Waals surface area contributed by atoms with E-state index in [0.717, 1.165) is 36.3 Å². The Morgan fingerprint density at radius 3 is 2.73 bits per heavy atom. The highest BCUT2D eigenvalue weighted by Gasteiger charge is 2.33. The number of aliphatic carboxylic acids is 1. The molecule has 5 rings (SSSR count). The van der Waals surface area contributed by atoms with Crippen LogP contribution in [0.1, 0.15) is 35.1 Å². The van der Waals surface area contributed by atoms with E-state index in [1.54, 1.807) is 6.07 Å². The number of carboxylic acids is 1. The molecular formula is C23H21FN2O4. The van der Waals surface area contributed by atoms with Crippen molar-refractivity contribution in [1.29, 1.82) is 0 Å². The van der Waals surface area contributed by atoms with Gasteiger partial charge >= 0.3 is 5.97 Å². The molecule has 3 aliphatic rings. The second-order valence-electron chi connectivity index (χ2n) is 8.02. The van der Waals surface area contributed by atoms with Crippen molar-refractivity contribution in [2.24, 2.45) is 5.92 Å². The molecule has 0 aliphatic carbocycles. The minimum absolute atomic E-state index is 0.242. The van der Waals surface area contributed by atoms with Gasteiger partial charge < -0.3 is 15.2 Å². The van der Waals surface area contributed by atoms with Gasteiger partial charge in [0.25, 0.3) is 5.91 Å². The summed E-state index contributed by atoms with van der Waals surface area (Å²) < 4.78 is 19.6. The number of rotatable bonds is 3. The number of ether oxygens (including phenoxy) is 1. The minimum atomic E-state index is -0.706. The highest BCUT2D eigenvalue weighted by Crippen LogP contribution is 2.42. The summed E-state index contributed by atoms with van der Waals surface area (Å²) in [5.41, 5.74) is 4.45. The van der Waals surface area contributed by atoms with Crippen LogP contribution in [-0.4, -0.2) is 35.0 Å². The lowest BCUT2D eigenvalue weighted by Crippen LogP contribution is -2.35. The Hall–Kier alpha value is -3.19. The number of nitrogens with one attached hydrogen (secondary N) is 1. The molecule has 0 radical (unpaired) electrons. The van der Waals surface area contributed by atoms with Gasteiger partial charge in [-0.1, -0.05) is 18.2 Å². The number of carboxylic acid groups (broad SMARTS) is 1. The first-order chi connectivity index (χ1) is 14.5. The van der Waals surface area contributed by atoms with Crippen molar-refractivity contribution in [1.82, 2.24) is 4.90 Å². The molecule has 0 atom stereocenters. The Morgan fingerprint density at radius 1 is 1.17 bits per heavy atom. The molecule has 1 amide bonds. The molecule has 6 nitrogen and oxygen atoms in total. The Morgan fingerprint density at radius 2 is 1.97 bits per heavy atom. The molecule has 1 saturated heterocycles. The number of anilines is 1. The van der Waals surface area contributed by atoms with E-state index in [-0.39, 0.29) is 11.8 Å². The molecule has 3 heterocycles. The Kier molecular flexibility index (Phi) is 4.55. The van der Waals surface area contributed by atoms with E-state index in [0.29, 0.717) is 42.0 Å². The predicted molar refractivity (Wildman–Crippen MR) is 109 cm³/mol. The molecule has 2 aromatic carbocycles. The van der Waals surface area contributed by atoms with Gasteiger partial charge in [0.15, 0.2) is 0 Å². The van der Waals surface area contributed by atoms with E-state index in [1.807, 2.05) is 12.1 Å². The van der Waals surface area contributed by atoms with Crippen LogP contribution < -0.4 is 5.32 Å². The van der Waals surface area contributed by atoms with Crippen molar-refractivity contribution >= 4 is 28.9 Å². The molecule has 0 saturated carbocycles. The fourth-order valence-corrected chi connectivity index (χ4v) is 4.48. The number of carbonyl (C=O) groups is 2. The SMILES string of the molecule is O=C1Nc2ccc(F)cc2C1=C1OCc2cc(CN3CCC(C(=O)O)CC3)ccc21. The standard InChI is InChI=1S/C23H21FN2O4/c24-16-2-4-19-18(10-16)20(22(27)25-19)21-17-3-1-13(9-15(17)12-30-21)11-26-7-5-14(6-8-26)23(28)29/h1-4,9-10,14H,5-8,11-12H2,(H,25,27)(H,28,29). The van der Waals surface area contributed by atoms with Crippen molar-refractivity contribution in [2.75, 3.05) is 18.4 Å². The van der Waals surface area contributed by atoms with E-state index < -0.39 is 11.8 Å². The van der Waals surface area contributed by atoms with E-state index in [1.165, 1.54) is 12.1 Å². The fourth-order valence-electron chi connectivity index (χ4n) is 4.48. The van der Waals surface area contributed by atoms with Crippen LogP contribution in [0, 0.1) is 11.7 Å². The van der Waals surface area contributed by atoms with Gasteiger partial charge in [0.2, 0.25) is 0 Å². The molecule has 7 heteroatoms. The normalized spacial score (nSPS) is 21.2. The van der Waals surface area contributed by atoms with Crippen LogP contribution in [0.4, 0.5) is 10.1 Å². The molecule has 30 heavy (non-hydrogen) atoms. The molecule has 2 aromatic rings. The maximum absolute atomic E-state index is 13.7. The summed E-state index contributed by atoms with van der Waals surface area (Å²) >= 11 is 0. The molecule has 2 N–H and O–H groups in total. The monoisotopic (exact) mass is 408 g/mol. The van der Waals surface area contributed by atoms with Gasteiger partial charge in [-0.3, -0.25) is 14.5 Å². The van der Waals surface area contributed by atoms with E-state index in [2.05, 4.69) is 16.3 Å². The third-order valence-corrected chi connectivity index (χ3v) is 6.08. The molecule has 0 bridgehead atoms. The highest BCUT2D eigenvalue weighted by molar-refractivity contribution is 6.36. The number of likely N-dealkylation sites (tertiary alicyclic amines) is 1. The van der Waals surface area contributed by atoms with Gasteiger partial charge in [-0.15, -0.1) is 0 Å². The number of fused-ring (bicyclic) bond motifs is 2. The summed E-state index contributed by atoms with van der Waals surface area (Å²) in [6, 6.07) is 10.3. The smallest absolute Gasteiger partial charge is 0.306 e. The first-order valence-corrected chi connectivity index (χ1v) is 10.1. The van der Waals surface area contributed by atoms with Crippen LogP contribution in [0.3, 0.4) is 0 Å². The van der Waals surface area contributed by atoms with Gasteiger partial charge in [0.1, 0.15) is 18.2 Å². The van der Waals surface area contributed by atoms with Crippen molar-refractivity contribution in [3.05, 3.63) is 64.5 Å². The minimum Gasteiger partial charge on any atom is -0.487 e. The number of nitrogens with zero attached hydrogens (tertiary/aromatic N) is 1. The van der Waals surface area contributed by atoms with Crippen molar-refractivity contribution in [3.8, 4) is 0 Å². The molecule has 1 fully saturated rings. The third-order valence-electron chi connectivity index (χ3n) is 6.08. The fraction of sp³-hybridized carbons (Fsp3) is 0.304. The summed E-state index contributed by atoms with van der Waals surface area (Å²) in [6.45, 7) is 2.64. The molecule has 154 valence electrons. The first-order valence-electron chi connectivity index (χ1n) is 10.1. The number of hydrogen-bond acceptors (Lipinski definition) is 4. The van der Waals surface area contributed by atoms with Gasteiger partial charge in [0, 0.05) is 28.9 Å². The highest BCUT2D eigenvalue weighted by atomic mass is 19.1. The molecule has 0 unspecified atom stereocenters. The van der Waals surface area contributed by atoms with Crippen LogP contribution in [0.25, 0.3) is 11.3 Å². The van der Waals surface area contributed by atoms with Crippen LogP contribution in [0.15, 0.2) is 36.4 Å². The Balaban J connectivity index is 1.39. The van der Waals surface area contributed by atoms with E-state index >= 15 is 0 Å². The van der Waals surface area contributed by atoms with Gasteiger partial charge in [0.05, 0.1) is 11.5 Å². The summed E-state index contributed by atoms with van der Waals surface area (Å²) in [6.07, 6.45) is 1.34. The zero-order valence-corrected chi connectivity index (χ0v) is 16.3. The molecule has 0 spiro atoms. The Labute approximate surface area is 173 Å². The average Bonchev–Trinajstić information content (AvgIpc) is 3.27. The van der Waals surface area contributed by atoms with E-state index in [9.17, 15) is 14.0 Å². The lowest BCUT2D eigenvalue weighted by molar-refractivity contribution is -0.143. The van der Waals surface area contributed by atoms with Gasteiger partial charge in [-0.25, -0.2) is 4.39 Å². The number of benzene rings is 2. The summed E-state index contributed by atoms with van der Waals surface area (Å²) in [5, 5.41) is 11.9. The second-order valence-corrected chi connectivity index (χ2v) is 8.02. The quantitative estimate of drug-likeness (QED) is 0.761. The predicted octanol–water partition coefficient (Wildman–Crippen LogP) is 3.47. The average molecular weight is 408 g/mol. The van der Waals surface area contributed by atoms with Crippen molar-refractivity contribution in [3.63, 3.8) is 0 Å². The zero-order valence-electron chi connectivity index (χ0n) is 16.3. The number of carbonyl (C=O) groups excluding carboxylic acids is 1. The summed E-state index contributed by atoms with van der Waals surface area (Å²) in [5.74, 6) is -1.15. The third kappa shape index (κ3) is 3.25. The van der Waals surface area contributed by atoms with E-state index in [4.69, 9.17) is 9.84 Å². The number of piperidine rings is 1. The van der Waals surface area contributed by atoms with Crippen LogP contribution >= 0.6 is 0 Å². The number of amides is 1. The molecule has 0 aromatic heterocycles. The lowest BCUT2D eigenvalue weighted by Gasteiger charge is -2.30. The van der Waals surface area contributed by atoms with Crippen molar-refractivity contribution in [2.45, 2.75) is 26.0 Å². The first kappa shape index (κ1) is 18.8. The lowest BCUT2D eigenvalue weighted by atomic mass is 9.96. The zero-order chi connectivity index (χ0) is 20.8. The van der Waals surface area contributed by atoms with Crippen LogP contribution in [-0.2, 0) is 27.5 Å². The number of hydrogen-bond donors (Lipinski definition) is 2. The van der Waals surface area contributed by atoms with Crippen molar-refractivity contribution < 1.29 is 23.8 Å². The summed E-state index contributed by atoms with van der Waals surface area (Å²) in [7, 11) is 0. The topological polar surface area (TPSA) is 78.9 Å².